The first-order chi connectivity index (χ1) is 6.14. The number of carbonyl (C=O) groups is 1. The van der Waals surface area contributed by atoms with Crippen LogP contribution in [0.25, 0.3) is 0 Å². The van der Waals surface area contributed by atoms with Crippen molar-refractivity contribution in [3.05, 3.63) is 0 Å². The standard InChI is InChI=1S/C8H13NO4/c1-8(4-11-2)6(7(10)12-3)9-5-13-8/h5-6H,4H2,1-3H3/t6-,8-/m1/s1. The van der Waals surface area contributed by atoms with Gasteiger partial charge in [-0.3, -0.25) is 0 Å². The predicted octanol–water partition coefficient (Wildman–Crippen LogP) is -0.00840. The largest absolute Gasteiger partial charge is 0.472 e. The van der Waals surface area contributed by atoms with E-state index in [9.17, 15) is 4.79 Å². The molecule has 5 heteroatoms. The minimum Gasteiger partial charge on any atom is -0.472 e. The van der Waals surface area contributed by atoms with Crippen molar-refractivity contribution < 1.29 is 19.0 Å². The highest BCUT2D eigenvalue weighted by Crippen LogP contribution is 2.24. The van der Waals surface area contributed by atoms with Gasteiger partial charge in [0.1, 0.15) is 0 Å². The molecule has 2 atom stereocenters. The molecule has 5 nitrogen and oxygen atoms in total. The van der Waals surface area contributed by atoms with E-state index in [0.717, 1.165) is 0 Å². The zero-order valence-electron chi connectivity index (χ0n) is 7.94. The molecule has 1 aliphatic heterocycles. The van der Waals surface area contributed by atoms with Gasteiger partial charge in [0.2, 0.25) is 0 Å². The maximum Gasteiger partial charge on any atom is 0.335 e. The van der Waals surface area contributed by atoms with Crippen molar-refractivity contribution in [2.24, 2.45) is 4.99 Å². The zero-order valence-corrected chi connectivity index (χ0v) is 7.94. The molecule has 1 aliphatic rings. The molecule has 0 aromatic heterocycles. The molecule has 0 N–H and O–H groups in total. The highest BCUT2D eigenvalue weighted by atomic mass is 16.6. The summed E-state index contributed by atoms with van der Waals surface area (Å²) in [4.78, 5) is 15.1. The van der Waals surface area contributed by atoms with E-state index in [2.05, 4.69) is 9.73 Å². The Morgan fingerprint density at radius 3 is 2.92 bits per heavy atom. The quantitative estimate of drug-likeness (QED) is 0.583. The van der Waals surface area contributed by atoms with Crippen LogP contribution < -0.4 is 0 Å². The van der Waals surface area contributed by atoms with E-state index in [-0.39, 0.29) is 0 Å². The summed E-state index contributed by atoms with van der Waals surface area (Å²) in [6.45, 7) is 2.05. The molecule has 0 radical (unpaired) electrons. The van der Waals surface area contributed by atoms with Crippen LogP contribution in [0.4, 0.5) is 0 Å². The monoisotopic (exact) mass is 187 g/mol. The lowest BCUT2D eigenvalue weighted by Crippen LogP contribution is -2.45. The number of methoxy groups -OCH3 is 2. The number of rotatable bonds is 3. The first-order valence-corrected chi connectivity index (χ1v) is 3.90. The van der Waals surface area contributed by atoms with Crippen LogP contribution in [-0.4, -0.2) is 44.8 Å². The normalized spacial score (nSPS) is 31.5. The molecule has 1 heterocycles. The van der Waals surface area contributed by atoms with Gasteiger partial charge in [-0.1, -0.05) is 0 Å². The average molecular weight is 187 g/mol. The van der Waals surface area contributed by atoms with Crippen molar-refractivity contribution in [3.63, 3.8) is 0 Å². The summed E-state index contributed by atoms with van der Waals surface area (Å²) in [5.74, 6) is -0.409. The van der Waals surface area contributed by atoms with E-state index in [1.807, 2.05) is 0 Å². The molecule has 0 aromatic carbocycles. The number of nitrogens with zero attached hydrogens (tertiary/aromatic N) is 1. The highest BCUT2D eigenvalue weighted by Gasteiger charge is 2.45. The highest BCUT2D eigenvalue weighted by molar-refractivity contribution is 5.80. The SMILES string of the molecule is COC[C@@]1(C)OC=N[C@@H]1C(=O)OC. The van der Waals surface area contributed by atoms with Crippen molar-refractivity contribution in [2.75, 3.05) is 20.8 Å². The maximum absolute atomic E-state index is 11.2. The fraction of sp³-hybridized carbons (Fsp3) is 0.750. The van der Waals surface area contributed by atoms with Gasteiger partial charge >= 0.3 is 5.97 Å². The van der Waals surface area contributed by atoms with Crippen molar-refractivity contribution in [3.8, 4) is 0 Å². The first-order valence-electron chi connectivity index (χ1n) is 3.90. The molecular formula is C8H13NO4. The lowest BCUT2D eigenvalue weighted by molar-refractivity contribution is -0.147. The molecule has 74 valence electrons. The fourth-order valence-corrected chi connectivity index (χ4v) is 1.26. The minimum atomic E-state index is -0.734. The third kappa shape index (κ3) is 1.80. The summed E-state index contributed by atoms with van der Waals surface area (Å²) in [6, 6.07) is -0.627. The van der Waals surface area contributed by atoms with Gasteiger partial charge < -0.3 is 14.2 Å². The van der Waals surface area contributed by atoms with E-state index in [1.54, 1.807) is 14.0 Å². The van der Waals surface area contributed by atoms with Gasteiger partial charge in [0.05, 0.1) is 13.7 Å². The second-order valence-corrected chi connectivity index (χ2v) is 3.04. The van der Waals surface area contributed by atoms with Crippen molar-refractivity contribution in [1.29, 1.82) is 0 Å². The molecule has 0 saturated carbocycles. The predicted molar refractivity (Wildman–Crippen MR) is 45.7 cm³/mol. The van der Waals surface area contributed by atoms with Crippen LogP contribution >= 0.6 is 0 Å². The Morgan fingerprint density at radius 2 is 2.38 bits per heavy atom. The number of ether oxygens (including phenoxy) is 3. The molecule has 13 heavy (non-hydrogen) atoms. The molecule has 0 fully saturated rings. The van der Waals surface area contributed by atoms with Gasteiger partial charge in [0.25, 0.3) is 0 Å². The van der Waals surface area contributed by atoms with Gasteiger partial charge in [-0.05, 0) is 6.92 Å². The molecule has 0 amide bonds. The minimum absolute atomic E-state index is 0.298. The van der Waals surface area contributed by atoms with E-state index in [0.29, 0.717) is 6.61 Å². The third-order valence-corrected chi connectivity index (χ3v) is 1.97. The van der Waals surface area contributed by atoms with Crippen LogP contribution in [0, 0.1) is 0 Å². The smallest absolute Gasteiger partial charge is 0.335 e. The van der Waals surface area contributed by atoms with E-state index >= 15 is 0 Å². The second kappa shape index (κ2) is 3.74. The molecule has 0 aliphatic carbocycles. The van der Waals surface area contributed by atoms with Crippen LogP contribution in [0.15, 0.2) is 4.99 Å². The Morgan fingerprint density at radius 1 is 1.69 bits per heavy atom. The number of hydrogen-bond donors (Lipinski definition) is 0. The number of esters is 1. The molecule has 1 rings (SSSR count). The van der Waals surface area contributed by atoms with Crippen LogP contribution in [0.1, 0.15) is 6.92 Å². The van der Waals surface area contributed by atoms with Gasteiger partial charge in [-0.2, -0.15) is 0 Å². The Hall–Kier alpha value is -1.10. The number of hydrogen-bond acceptors (Lipinski definition) is 5. The van der Waals surface area contributed by atoms with E-state index in [1.165, 1.54) is 13.5 Å². The third-order valence-electron chi connectivity index (χ3n) is 1.97. The summed E-state index contributed by atoms with van der Waals surface area (Å²) in [5.41, 5.74) is -0.734. The zero-order chi connectivity index (χ0) is 9.90. The lowest BCUT2D eigenvalue weighted by atomic mass is 9.99. The number of carbonyl (C=O) groups excluding carboxylic acids is 1. The summed E-state index contributed by atoms with van der Waals surface area (Å²) >= 11 is 0. The van der Waals surface area contributed by atoms with Crippen LogP contribution in [0.3, 0.4) is 0 Å². The summed E-state index contributed by atoms with van der Waals surface area (Å²) in [6.07, 6.45) is 1.26. The van der Waals surface area contributed by atoms with E-state index in [4.69, 9.17) is 9.47 Å². The van der Waals surface area contributed by atoms with Gasteiger partial charge in [0, 0.05) is 7.11 Å². The van der Waals surface area contributed by atoms with Crippen LogP contribution in [0.5, 0.6) is 0 Å². The number of aliphatic imine (C=N–C) groups is 1. The Balaban J connectivity index is 2.71. The van der Waals surface area contributed by atoms with Gasteiger partial charge in [-0.15, -0.1) is 0 Å². The van der Waals surface area contributed by atoms with Crippen molar-refractivity contribution >= 4 is 12.4 Å². The fourth-order valence-electron chi connectivity index (χ4n) is 1.26. The van der Waals surface area contributed by atoms with Gasteiger partial charge in [-0.25, -0.2) is 9.79 Å². The average Bonchev–Trinajstić information content (AvgIpc) is 2.47. The maximum atomic E-state index is 11.2. The molecular weight excluding hydrogens is 174 g/mol. The van der Waals surface area contributed by atoms with Crippen molar-refractivity contribution in [1.82, 2.24) is 0 Å². The first kappa shape index (κ1) is 9.98. The molecule has 0 unspecified atom stereocenters. The van der Waals surface area contributed by atoms with Crippen LogP contribution in [0.2, 0.25) is 0 Å². The summed E-state index contributed by atoms with van der Waals surface area (Å²) < 4.78 is 14.7. The van der Waals surface area contributed by atoms with E-state index < -0.39 is 17.6 Å². The second-order valence-electron chi connectivity index (χ2n) is 3.04. The lowest BCUT2D eigenvalue weighted by Gasteiger charge is -2.26. The Kier molecular flexibility index (Phi) is 2.87. The Bertz CT molecular complexity index is 228. The Labute approximate surface area is 76.7 Å². The van der Waals surface area contributed by atoms with Crippen molar-refractivity contribution in [2.45, 2.75) is 18.6 Å². The van der Waals surface area contributed by atoms with Gasteiger partial charge in [0.15, 0.2) is 18.0 Å². The summed E-state index contributed by atoms with van der Waals surface area (Å²) in [7, 11) is 2.87. The summed E-state index contributed by atoms with van der Waals surface area (Å²) in [5, 5.41) is 0. The molecule has 0 saturated heterocycles. The van der Waals surface area contributed by atoms with Crippen LogP contribution in [-0.2, 0) is 19.0 Å². The molecule has 0 bridgehead atoms. The topological polar surface area (TPSA) is 57.1 Å². The molecule has 0 spiro atoms. The molecule has 0 aromatic rings.